The van der Waals surface area contributed by atoms with Crippen LogP contribution in [0.1, 0.15) is 112 Å². The summed E-state index contributed by atoms with van der Waals surface area (Å²) >= 11 is 0. The van der Waals surface area contributed by atoms with Gasteiger partial charge in [0.15, 0.2) is 6.29 Å². The number of rotatable bonds is 7. The maximum absolute atomic E-state index is 14.2. The van der Waals surface area contributed by atoms with Crippen molar-refractivity contribution < 1.29 is 85.1 Å². The number of hydrogen-bond acceptors (Lipinski definition) is 18. The molecule has 0 radical (unpaired) electrons. The van der Waals surface area contributed by atoms with Crippen LogP contribution >= 0.6 is 0 Å². The van der Waals surface area contributed by atoms with Crippen LogP contribution in [-0.2, 0) is 23.8 Å². The Kier molecular flexibility index (Phi) is 28.3. The van der Waals surface area contributed by atoms with Crippen LogP contribution in [0, 0.1) is 23.7 Å². The van der Waals surface area contributed by atoms with Gasteiger partial charge in [0.1, 0.15) is 12.2 Å². The van der Waals surface area contributed by atoms with E-state index in [0.717, 1.165) is 0 Å². The van der Waals surface area contributed by atoms with E-state index in [-0.39, 0.29) is 63.2 Å². The quantitative estimate of drug-likeness (QED) is 0.160. The van der Waals surface area contributed by atoms with Crippen LogP contribution in [-0.4, -0.2) is 183 Å². The number of hydrogen-bond donors (Lipinski definition) is 14. The van der Waals surface area contributed by atoms with Crippen LogP contribution in [0.3, 0.4) is 0 Å². The van der Waals surface area contributed by atoms with Gasteiger partial charge in [-0.15, -0.1) is 0 Å². The number of carbonyl (C=O) groups excluding carboxylic acids is 2. The summed E-state index contributed by atoms with van der Waals surface area (Å²) in [6.07, 6.45) is 8.26. The van der Waals surface area contributed by atoms with Gasteiger partial charge in [0, 0.05) is 31.6 Å². The Balaban J connectivity index is 1.95. The maximum atomic E-state index is 14.2. The van der Waals surface area contributed by atoms with Crippen molar-refractivity contribution in [1.29, 1.82) is 0 Å². The van der Waals surface area contributed by atoms with Gasteiger partial charge in [-0.2, -0.15) is 0 Å². The topological polar surface area (TPSA) is 343 Å². The van der Waals surface area contributed by atoms with E-state index in [1.807, 2.05) is 62.5 Å². The lowest BCUT2D eigenvalue weighted by molar-refractivity contribution is -0.277. The lowest BCUT2D eigenvalue weighted by Gasteiger charge is -2.46. The van der Waals surface area contributed by atoms with E-state index in [1.54, 1.807) is 57.2 Å². The summed E-state index contributed by atoms with van der Waals surface area (Å²) < 4.78 is 17.7. The standard InChI is InChI=1S/C55H90N2O17/c1-6-54(32-58,33-59)57-52(70)48-38-26-42(74-53-51(69)49(56)50(68)37(5)73-53)20-18-16-14-12-10-8-7-9-11-13-15-17-19-34(2)44(64)25-35(3)36(4)72-47(67)24-22-40(61)27-39(60)21-23-43(63)45(65)28-41(62)30-55(71,29-38)31-46(48)66/h7-20,34-46,48-51,53,58-66,68-69,71H,6,21-33,56H2,1-5H3,(H,57,70)/b8-7+,11-9+,12-10+,15-13+,16-14+,19-17+,20-18+/t34-,35+,36-,37+,38?,39+,40-,41-,42?,43+,44-,45+,46-,48-,49-,50+,51+,53-,55-/m0/s1. The SMILES string of the molecule is CCC(CO)(CO)NC(=O)[C@H]1C2CC(O[C@@H]3O[C@H](C)[C@@H](O)[C@H](N)[C@H]3O)/C=C/C=C/C=C/C=C/C=C/C=C/C=C/[C@H](C)[C@@H](O)C[C@@H](C)[C@H](C)OC(=O)CC[C@H](O)C[C@H](O)CC[C@@H](O)[C@H](O)C[C@H](O)C[C@@](O)(C2)C[C@@H]1O. The molecule has 2 bridgehead atoms. The summed E-state index contributed by atoms with van der Waals surface area (Å²) in [6.45, 7) is 7.49. The third kappa shape index (κ3) is 21.5. The van der Waals surface area contributed by atoms with Crippen molar-refractivity contribution in [2.75, 3.05) is 13.2 Å². The number of ether oxygens (including phenoxy) is 3. The van der Waals surface area contributed by atoms with Crippen LogP contribution in [0.25, 0.3) is 0 Å². The van der Waals surface area contributed by atoms with Crippen LogP contribution < -0.4 is 11.1 Å². The Morgan fingerprint density at radius 1 is 0.676 bits per heavy atom. The van der Waals surface area contributed by atoms with Gasteiger partial charge in [-0.1, -0.05) is 106 Å². The molecule has 15 N–H and O–H groups in total. The highest BCUT2D eigenvalue weighted by atomic mass is 16.7. The predicted octanol–water partition coefficient (Wildman–Crippen LogP) is 1.32. The molecule has 422 valence electrons. The minimum Gasteiger partial charge on any atom is -0.462 e. The molecule has 3 rings (SSSR count). The lowest BCUT2D eigenvalue weighted by atomic mass is 9.66. The number of nitrogens with one attached hydrogen (secondary N) is 1. The number of cyclic esters (lactones) is 1. The van der Waals surface area contributed by atoms with Crippen LogP contribution in [0.4, 0.5) is 0 Å². The Hall–Kier alpha value is -3.48. The average molecular weight is 1050 g/mol. The van der Waals surface area contributed by atoms with E-state index in [9.17, 15) is 70.9 Å². The zero-order chi connectivity index (χ0) is 55.2. The maximum Gasteiger partial charge on any atom is 0.306 e. The molecule has 1 aliphatic carbocycles. The normalized spacial score (nSPS) is 41.9. The second kappa shape index (κ2) is 32.3. The van der Waals surface area contributed by atoms with Gasteiger partial charge in [0.2, 0.25) is 5.91 Å². The fourth-order valence-electron chi connectivity index (χ4n) is 9.65. The van der Waals surface area contributed by atoms with Crippen molar-refractivity contribution in [1.82, 2.24) is 5.32 Å². The van der Waals surface area contributed by atoms with E-state index in [0.29, 0.717) is 6.42 Å². The Morgan fingerprint density at radius 2 is 1.24 bits per heavy atom. The summed E-state index contributed by atoms with van der Waals surface area (Å²) in [6, 6.07) is -1.14. The second-order valence-electron chi connectivity index (χ2n) is 21.0. The average Bonchev–Trinajstić information content (AvgIpc) is 3.34. The summed E-state index contributed by atoms with van der Waals surface area (Å²) in [7, 11) is 0. The molecule has 0 aromatic rings. The van der Waals surface area contributed by atoms with Crippen molar-refractivity contribution in [3.8, 4) is 0 Å². The first-order valence-corrected chi connectivity index (χ1v) is 26.3. The van der Waals surface area contributed by atoms with Gasteiger partial charge in [0.05, 0.1) is 97.4 Å². The molecular weight excluding hydrogens is 961 g/mol. The third-order valence-corrected chi connectivity index (χ3v) is 14.8. The number of carbonyl (C=O) groups is 2. The van der Waals surface area contributed by atoms with Gasteiger partial charge in [0.25, 0.3) is 0 Å². The summed E-state index contributed by atoms with van der Waals surface area (Å²) in [5.74, 6) is -3.83. The van der Waals surface area contributed by atoms with E-state index in [4.69, 9.17) is 19.9 Å². The first-order chi connectivity index (χ1) is 35.0. The van der Waals surface area contributed by atoms with E-state index in [1.165, 1.54) is 0 Å². The van der Waals surface area contributed by atoms with Crippen LogP contribution in [0.15, 0.2) is 85.1 Å². The molecule has 0 aromatic heterocycles. The molecule has 2 aliphatic heterocycles. The number of aliphatic hydroxyl groups excluding tert-OH is 11. The Morgan fingerprint density at radius 3 is 1.82 bits per heavy atom. The highest BCUT2D eigenvalue weighted by molar-refractivity contribution is 5.80. The minimum absolute atomic E-state index is 0.00234. The summed E-state index contributed by atoms with van der Waals surface area (Å²) in [5.41, 5.74) is 2.83. The molecule has 1 amide bonds. The second-order valence-corrected chi connectivity index (χ2v) is 21.0. The molecule has 2 fully saturated rings. The molecule has 3 aliphatic rings. The molecule has 1 saturated heterocycles. The fraction of sp³-hybridized carbons (Fsp3) is 0.709. The highest BCUT2D eigenvalue weighted by Gasteiger charge is 2.51. The smallest absolute Gasteiger partial charge is 0.306 e. The molecule has 19 heteroatoms. The number of fused-ring (bicyclic) bond motifs is 2. The van der Waals surface area contributed by atoms with Crippen LogP contribution in [0.2, 0.25) is 0 Å². The largest absolute Gasteiger partial charge is 0.462 e. The molecular formula is C55H90N2O17. The number of esters is 1. The molecule has 74 heavy (non-hydrogen) atoms. The minimum atomic E-state index is -1.86. The van der Waals surface area contributed by atoms with Gasteiger partial charge in [-0.3, -0.25) is 9.59 Å². The summed E-state index contributed by atoms with van der Waals surface area (Å²) in [5, 5.41) is 134. The zero-order valence-corrected chi connectivity index (χ0v) is 43.9. The predicted molar refractivity (Wildman–Crippen MR) is 277 cm³/mol. The molecule has 2 heterocycles. The Bertz CT molecular complexity index is 1860. The molecule has 1 saturated carbocycles. The van der Waals surface area contributed by atoms with E-state index in [2.05, 4.69) is 5.32 Å². The van der Waals surface area contributed by atoms with E-state index >= 15 is 0 Å². The number of allylic oxidation sites excluding steroid dienone is 12. The van der Waals surface area contributed by atoms with Crippen molar-refractivity contribution in [2.24, 2.45) is 29.4 Å². The monoisotopic (exact) mass is 1050 g/mol. The number of nitrogens with two attached hydrogens (primary N) is 1. The fourth-order valence-corrected chi connectivity index (χ4v) is 9.65. The zero-order valence-electron chi connectivity index (χ0n) is 43.9. The van der Waals surface area contributed by atoms with Crippen molar-refractivity contribution in [3.05, 3.63) is 85.1 Å². The van der Waals surface area contributed by atoms with Crippen molar-refractivity contribution in [2.45, 2.75) is 208 Å². The van der Waals surface area contributed by atoms with Crippen molar-refractivity contribution >= 4 is 11.9 Å². The molecule has 19 atom stereocenters. The lowest BCUT2D eigenvalue weighted by Crippen LogP contribution is -2.62. The summed E-state index contributed by atoms with van der Waals surface area (Å²) in [4.78, 5) is 26.8. The Labute approximate surface area is 437 Å². The van der Waals surface area contributed by atoms with Gasteiger partial charge in [-0.05, 0) is 77.0 Å². The van der Waals surface area contributed by atoms with E-state index < -0.39 is 153 Å². The molecule has 2 unspecified atom stereocenters. The first kappa shape index (κ1) is 64.8. The van der Waals surface area contributed by atoms with Crippen molar-refractivity contribution in [3.63, 3.8) is 0 Å². The van der Waals surface area contributed by atoms with Gasteiger partial charge < -0.3 is 86.5 Å². The number of aliphatic hydroxyl groups is 12. The molecule has 0 aromatic carbocycles. The van der Waals surface area contributed by atoms with Gasteiger partial charge >= 0.3 is 5.97 Å². The van der Waals surface area contributed by atoms with Crippen LogP contribution in [0.5, 0.6) is 0 Å². The van der Waals surface area contributed by atoms with Gasteiger partial charge in [-0.25, -0.2) is 0 Å². The highest BCUT2D eigenvalue weighted by Crippen LogP contribution is 2.43. The molecule has 19 nitrogen and oxygen atoms in total. The molecule has 0 spiro atoms. The third-order valence-electron chi connectivity index (χ3n) is 14.8. The first-order valence-electron chi connectivity index (χ1n) is 26.3. The number of amides is 1.